The number of para-hydroxylation sites is 1. The minimum atomic E-state index is -0.190. The van der Waals surface area contributed by atoms with Crippen LogP contribution in [0.5, 0.6) is 0 Å². The summed E-state index contributed by atoms with van der Waals surface area (Å²) in [6.07, 6.45) is 5.31. The van der Waals surface area contributed by atoms with Crippen LogP contribution in [0.25, 0.3) is 5.69 Å². The quantitative estimate of drug-likeness (QED) is 0.644. The third-order valence-corrected chi connectivity index (χ3v) is 4.25. The van der Waals surface area contributed by atoms with Crippen LogP contribution in [0.3, 0.4) is 0 Å². The second-order valence-electron chi connectivity index (χ2n) is 7.06. The molecular formula is C19H28N4O2. The summed E-state index contributed by atoms with van der Waals surface area (Å²) in [7, 11) is 0. The third-order valence-electron chi connectivity index (χ3n) is 4.25. The zero-order valence-corrected chi connectivity index (χ0v) is 15.2. The molecule has 0 saturated carbocycles. The first-order valence-electron chi connectivity index (χ1n) is 8.67. The molecule has 0 fully saturated rings. The van der Waals surface area contributed by atoms with Crippen molar-refractivity contribution in [1.29, 1.82) is 0 Å². The zero-order chi connectivity index (χ0) is 18.3. The highest BCUT2D eigenvalue weighted by molar-refractivity contribution is 5.74. The van der Waals surface area contributed by atoms with Crippen LogP contribution in [-0.4, -0.2) is 34.1 Å². The number of rotatable bonds is 8. The molecule has 1 aromatic heterocycles. The molecule has 0 bridgehead atoms. The molecular weight excluding hydrogens is 316 g/mol. The van der Waals surface area contributed by atoms with Crippen LogP contribution in [0.2, 0.25) is 0 Å². The number of carbonyl (C=O) groups excluding carboxylic acids is 1. The summed E-state index contributed by atoms with van der Waals surface area (Å²) in [6, 6.07) is 9.42. The van der Waals surface area contributed by atoms with Crippen molar-refractivity contribution in [2.24, 2.45) is 5.41 Å². The second kappa shape index (κ2) is 8.67. The van der Waals surface area contributed by atoms with Gasteiger partial charge in [0.2, 0.25) is 0 Å². The van der Waals surface area contributed by atoms with Gasteiger partial charge in [-0.2, -0.15) is 5.10 Å². The summed E-state index contributed by atoms with van der Waals surface area (Å²) < 4.78 is 1.79. The minimum Gasteiger partial charge on any atom is -0.396 e. The molecule has 1 heterocycles. The predicted molar refractivity (Wildman–Crippen MR) is 98.6 cm³/mol. The van der Waals surface area contributed by atoms with Crippen LogP contribution in [-0.2, 0) is 0 Å². The summed E-state index contributed by atoms with van der Waals surface area (Å²) in [4.78, 5) is 12.1. The number of aliphatic hydroxyl groups excluding tert-OH is 1. The van der Waals surface area contributed by atoms with E-state index >= 15 is 0 Å². The molecule has 0 aliphatic rings. The van der Waals surface area contributed by atoms with E-state index in [1.165, 1.54) is 0 Å². The Hall–Kier alpha value is -2.34. The smallest absolute Gasteiger partial charge is 0.315 e. The lowest BCUT2D eigenvalue weighted by atomic mass is 9.89. The van der Waals surface area contributed by atoms with Gasteiger partial charge in [-0.05, 0) is 42.9 Å². The summed E-state index contributed by atoms with van der Waals surface area (Å²) in [5, 5.41) is 19.4. The first-order chi connectivity index (χ1) is 11.9. The van der Waals surface area contributed by atoms with Gasteiger partial charge in [0.1, 0.15) is 0 Å². The number of hydrogen-bond acceptors (Lipinski definition) is 3. The minimum absolute atomic E-state index is 0.103. The third kappa shape index (κ3) is 5.60. The Kier molecular flexibility index (Phi) is 6.58. The molecule has 6 nitrogen and oxygen atoms in total. The molecule has 1 aromatic carbocycles. The number of hydrogen-bond donors (Lipinski definition) is 3. The second-order valence-corrected chi connectivity index (χ2v) is 7.06. The Morgan fingerprint density at radius 3 is 2.76 bits per heavy atom. The molecule has 2 amide bonds. The Bertz CT molecular complexity index is 668. The topological polar surface area (TPSA) is 79.2 Å². The molecule has 0 aliphatic carbocycles. The number of aliphatic hydroxyl groups is 1. The van der Waals surface area contributed by atoms with Gasteiger partial charge in [-0.3, -0.25) is 0 Å². The van der Waals surface area contributed by atoms with E-state index in [0.717, 1.165) is 24.1 Å². The van der Waals surface area contributed by atoms with Gasteiger partial charge in [-0.15, -0.1) is 0 Å². The Morgan fingerprint density at radius 2 is 2.08 bits per heavy atom. The fraction of sp³-hybridized carbons (Fsp3) is 0.474. The Morgan fingerprint density at radius 1 is 1.32 bits per heavy atom. The molecule has 1 atom stereocenters. The predicted octanol–water partition coefficient (Wildman–Crippen LogP) is 3.03. The number of aromatic nitrogens is 2. The van der Waals surface area contributed by atoms with Crippen molar-refractivity contribution in [2.75, 3.05) is 13.2 Å². The highest BCUT2D eigenvalue weighted by atomic mass is 16.3. The summed E-state index contributed by atoms with van der Waals surface area (Å²) in [6.45, 7) is 6.72. The molecule has 3 N–H and O–H groups in total. The van der Waals surface area contributed by atoms with Crippen molar-refractivity contribution < 1.29 is 9.90 Å². The lowest BCUT2D eigenvalue weighted by Crippen LogP contribution is -2.38. The van der Waals surface area contributed by atoms with Crippen LogP contribution in [0.1, 0.15) is 45.2 Å². The van der Waals surface area contributed by atoms with Crippen molar-refractivity contribution in [2.45, 2.75) is 39.7 Å². The summed E-state index contributed by atoms with van der Waals surface area (Å²) >= 11 is 0. The molecule has 1 unspecified atom stereocenters. The molecule has 0 spiro atoms. The van der Waals surface area contributed by atoms with Crippen LogP contribution in [0, 0.1) is 5.41 Å². The van der Waals surface area contributed by atoms with E-state index in [1.54, 1.807) is 10.9 Å². The van der Waals surface area contributed by atoms with Crippen LogP contribution in [0.15, 0.2) is 42.7 Å². The van der Waals surface area contributed by atoms with Crippen LogP contribution >= 0.6 is 0 Å². The molecule has 25 heavy (non-hydrogen) atoms. The first kappa shape index (κ1) is 19.0. The molecule has 6 heteroatoms. The maximum atomic E-state index is 12.1. The molecule has 0 radical (unpaired) electrons. The van der Waals surface area contributed by atoms with Gasteiger partial charge < -0.3 is 15.7 Å². The zero-order valence-electron chi connectivity index (χ0n) is 15.2. The number of amides is 2. The van der Waals surface area contributed by atoms with E-state index in [0.29, 0.717) is 6.54 Å². The van der Waals surface area contributed by atoms with Crippen LogP contribution < -0.4 is 10.6 Å². The lowest BCUT2D eigenvalue weighted by molar-refractivity contribution is 0.148. The van der Waals surface area contributed by atoms with E-state index in [2.05, 4.69) is 15.7 Å². The fourth-order valence-corrected chi connectivity index (χ4v) is 2.65. The summed E-state index contributed by atoms with van der Waals surface area (Å²) in [5.74, 6) is 0. The van der Waals surface area contributed by atoms with Gasteiger partial charge in [0.25, 0.3) is 0 Å². The van der Waals surface area contributed by atoms with Crippen molar-refractivity contribution in [3.05, 3.63) is 48.3 Å². The van der Waals surface area contributed by atoms with Gasteiger partial charge >= 0.3 is 6.03 Å². The normalized spacial score (nSPS) is 12.6. The van der Waals surface area contributed by atoms with E-state index in [1.807, 2.05) is 57.3 Å². The van der Waals surface area contributed by atoms with Crippen LogP contribution in [0.4, 0.5) is 4.79 Å². The molecule has 0 aliphatic heterocycles. The van der Waals surface area contributed by atoms with E-state index in [9.17, 15) is 9.90 Å². The largest absolute Gasteiger partial charge is 0.396 e. The average molecular weight is 344 g/mol. The molecule has 136 valence electrons. The van der Waals surface area contributed by atoms with Gasteiger partial charge in [0, 0.05) is 25.5 Å². The number of carbonyl (C=O) groups is 1. The van der Waals surface area contributed by atoms with Gasteiger partial charge in [0.05, 0.1) is 11.7 Å². The molecule has 0 saturated heterocycles. The van der Waals surface area contributed by atoms with E-state index in [-0.39, 0.29) is 24.1 Å². The number of benzene rings is 1. The highest BCUT2D eigenvalue weighted by Gasteiger charge is 2.16. The highest BCUT2D eigenvalue weighted by Crippen LogP contribution is 2.21. The fourth-order valence-electron chi connectivity index (χ4n) is 2.65. The first-order valence-corrected chi connectivity index (χ1v) is 8.67. The van der Waals surface area contributed by atoms with Crippen molar-refractivity contribution in [3.63, 3.8) is 0 Å². The summed E-state index contributed by atoms with van der Waals surface area (Å²) in [5.41, 5.74) is 1.85. The number of urea groups is 1. The van der Waals surface area contributed by atoms with Crippen molar-refractivity contribution in [1.82, 2.24) is 20.4 Å². The standard InChI is InChI=1S/C19H28N4O2/c1-15(22-18(25)20-11-6-10-19(2,3)14-24)16-8-4-5-9-17(16)23-13-7-12-21-23/h4-5,7-9,12-13,15,24H,6,10-11,14H2,1-3H3,(H2,20,22,25). The van der Waals surface area contributed by atoms with Gasteiger partial charge in [-0.1, -0.05) is 32.0 Å². The molecule has 2 aromatic rings. The molecule has 2 rings (SSSR count). The number of nitrogens with zero attached hydrogens (tertiary/aromatic N) is 2. The van der Waals surface area contributed by atoms with Gasteiger partial charge in [0.15, 0.2) is 0 Å². The lowest BCUT2D eigenvalue weighted by Gasteiger charge is -2.21. The van der Waals surface area contributed by atoms with Crippen molar-refractivity contribution in [3.8, 4) is 5.69 Å². The maximum absolute atomic E-state index is 12.1. The average Bonchev–Trinajstić information content (AvgIpc) is 3.13. The number of nitrogens with one attached hydrogen (secondary N) is 2. The SMILES string of the molecule is CC(NC(=O)NCCCC(C)(C)CO)c1ccccc1-n1cccn1. The van der Waals surface area contributed by atoms with E-state index < -0.39 is 0 Å². The maximum Gasteiger partial charge on any atom is 0.315 e. The monoisotopic (exact) mass is 344 g/mol. The Balaban J connectivity index is 1.88. The Labute approximate surface area is 149 Å². The van der Waals surface area contributed by atoms with Crippen molar-refractivity contribution >= 4 is 6.03 Å². The van der Waals surface area contributed by atoms with Gasteiger partial charge in [-0.25, -0.2) is 9.48 Å². The van der Waals surface area contributed by atoms with E-state index in [4.69, 9.17) is 0 Å².